The molecule has 0 atom stereocenters. The molecular weight excluding hydrogens is 263 g/mol. The number of halogens is 3. The molecule has 4 nitrogen and oxygen atoms in total. The van der Waals surface area contributed by atoms with Crippen molar-refractivity contribution in [1.82, 2.24) is 0 Å². The molecule has 2 N–H and O–H groups in total. The van der Waals surface area contributed by atoms with Crippen molar-refractivity contribution >= 4 is 11.7 Å². The third kappa shape index (κ3) is 5.07. The van der Waals surface area contributed by atoms with E-state index in [4.69, 9.17) is 10.5 Å². The summed E-state index contributed by atoms with van der Waals surface area (Å²) in [4.78, 5) is 11.4. The first-order valence-electron chi connectivity index (χ1n) is 5.49. The molecule has 19 heavy (non-hydrogen) atoms. The van der Waals surface area contributed by atoms with Crippen molar-refractivity contribution in [3.63, 3.8) is 0 Å². The van der Waals surface area contributed by atoms with Crippen molar-refractivity contribution in [1.29, 1.82) is 0 Å². The van der Waals surface area contributed by atoms with Gasteiger partial charge in [0.2, 0.25) is 0 Å². The highest BCUT2D eigenvalue weighted by atomic mass is 19.4. The Morgan fingerprint density at radius 2 is 2.00 bits per heavy atom. The van der Waals surface area contributed by atoms with Crippen LogP contribution < -0.4 is 10.5 Å². The molecule has 0 amide bonds. The van der Waals surface area contributed by atoms with Gasteiger partial charge in [-0.15, -0.1) is 0 Å². The third-order valence-electron chi connectivity index (χ3n) is 1.98. The molecular formula is C12H14F3NO3. The maximum absolute atomic E-state index is 11.9. The molecule has 1 aromatic carbocycles. The Morgan fingerprint density at radius 3 is 2.47 bits per heavy atom. The lowest BCUT2D eigenvalue weighted by Gasteiger charge is -2.13. The standard InChI is InChI=1S/C12H14F3NO3/c1-7(2)19-10-4-3-8(5-9(10)16)11(17)18-6-12(13,14)15/h3-5,7H,6,16H2,1-2H3. The topological polar surface area (TPSA) is 61.5 Å². The zero-order valence-corrected chi connectivity index (χ0v) is 10.5. The number of alkyl halides is 3. The highest BCUT2D eigenvalue weighted by Crippen LogP contribution is 2.24. The predicted octanol–water partition coefficient (Wildman–Crippen LogP) is 2.78. The second kappa shape index (κ2) is 5.81. The van der Waals surface area contributed by atoms with Gasteiger partial charge in [0, 0.05) is 0 Å². The van der Waals surface area contributed by atoms with Crippen LogP contribution in [0.25, 0.3) is 0 Å². The number of nitrogen functional groups attached to an aromatic ring is 1. The van der Waals surface area contributed by atoms with Crippen molar-refractivity contribution in [2.24, 2.45) is 0 Å². The fourth-order valence-electron chi connectivity index (χ4n) is 1.27. The first kappa shape index (κ1) is 15.1. The van der Waals surface area contributed by atoms with Gasteiger partial charge in [-0.05, 0) is 32.0 Å². The minimum absolute atomic E-state index is 0.0575. The number of carbonyl (C=O) groups is 1. The van der Waals surface area contributed by atoms with E-state index in [1.54, 1.807) is 13.8 Å². The molecule has 0 spiro atoms. The molecule has 1 aromatic rings. The minimum atomic E-state index is -4.55. The number of nitrogens with two attached hydrogens (primary N) is 1. The molecule has 0 heterocycles. The highest BCUT2D eigenvalue weighted by Gasteiger charge is 2.29. The van der Waals surface area contributed by atoms with Crippen molar-refractivity contribution in [3.05, 3.63) is 23.8 Å². The summed E-state index contributed by atoms with van der Waals surface area (Å²) < 4.78 is 45.1. The molecule has 0 bridgehead atoms. The number of rotatable bonds is 4. The second-order valence-corrected chi connectivity index (χ2v) is 4.11. The summed E-state index contributed by atoms with van der Waals surface area (Å²) in [6, 6.07) is 3.93. The van der Waals surface area contributed by atoms with Crippen LogP contribution in [-0.4, -0.2) is 24.9 Å². The first-order valence-corrected chi connectivity index (χ1v) is 5.49. The van der Waals surface area contributed by atoms with Crippen molar-refractivity contribution < 1.29 is 27.4 Å². The van der Waals surface area contributed by atoms with Crippen LogP contribution in [0.2, 0.25) is 0 Å². The van der Waals surface area contributed by atoms with Crippen LogP contribution in [0.15, 0.2) is 18.2 Å². The van der Waals surface area contributed by atoms with Crippen LogP contribution in [0.3, 0.4) is 0 Å². The number of anilines is 1. The molecule has 106 valence electrons. The first-order chi connectivity index (χ1) is 8.69. The van der Waals surface area contributed by atoms with Crippen LogP contribution in [-0.2, 0) is 4.74 Å². The van der Waals surface area contributed by atoms with Gasteiger partial charge in [-0.3, -0.25) is 0 Å². The van der Waals surface area contributed by atoms with E-state index in [0.717, 1.165) is 0 Å². The maximum atomic E-state index is 11.9. The highest BCUT2D eigenvalue weighted by molar-refractivity contribution is 5.91. The zero-order valence-electron chi connectivity index (χ0n) is 10.5. The summed E-state index contributed by atoms with van der Waals surface area (Å²) >= 11 is 0. The van der Waals surface area contributed by atoms with Crippen LogP contribution in [0.5, 0.6) is 5.75 Å². The summed E-state index contributed by atoms with van der Waals surface area (Å²) in [5.41, 5.74) is 5.74. The van der Waals surface area contributed by atoms with E-state index in [0.29, 0.717) is 5.75 Å². The minimum Gasteiger partial charge on any atom is -0.489 e. The normalized spacial score (nSPS) is 11.5. The summed E-state index contributed by atoms with van der Waals surface area (Å²) in [6.45, 7) is 1.96. The monoisotopic (exact) mass is 277 g/mol. The van der Waals surface area contributed by atoms with Gasteiger partial charge in [-0.25, -0.2) is 4.79 Å². The summed E-state index contributed by atoms with van der Waals surface area (Å²) in [7, 11) is 0. The van der Waals surface area contributed by atoms with Crippen LogP contribution in [0.1, 0.15) is 24.2 Å². The number of esters is 1. The number of carbonyl (C=O) groups excluding carboxylic acids is 1. The zero-order chi connectivity index (χ0) is 14.6. The van der Waals surface area contributed by atoms with E-state index in [-0.39, 0.29) is 17.4 Å². The molecule has 0 aliphatic carbocycles. The molecule has 0 radical (unpaired) electrons. The van der Waals surface area contributed by atoms with E-state index in [2.05, 4.69) is 4.74 Å². The maximum Gasteiger partial charge on any atom is 0.422 e. The Bertz CT molecular complexity index is 458. The largest absolute Gasteiger partial charge is 0.489 e. The fraction of sp³-hybridized carbons (Fsp3) is 0.417. The van der Waals surface area contributed by atoms with E-state index >= 15 is 0 Å². The lowest BCUT2D eigenvalue weighted by atomic mass is 10.2. The Labute approximate surface area is 108 Å². The van der Waals surface area contributed by atoms with Gasteiger partial charge in [0.15, 0.2) is 6.61 Å². The van der Waals surface area contributed by atoms with Crippen LogP contribution in [0, 0.1) is 0 Å². The summed E-state index contributed by atoms with van der Waals surface area (Å²) in [5, 5.41) is 0. The van der Waals surface area contributed by atoms with Crippen molar-refractivity contribution in [2.45, 2.75) is 26.1 Å². The molecule has 7 heteroatoms. The number of ether oxygens (including phenoxy) is 2. The van der Waals surface area contributed by atoms with E-state index in [9.17, 15) is 18.0 Å². The van der Waals surface area contributed by atoms with Crippen LogP contribution >= 0.6 is 0 Å². The number of hydrogen-bond acceptors (Lipinski definition) is 4. The van der Waals surface area contributed by atoms with Gasteiger partial charge in [0.1, 0.15) is 5.75 Å². The number of hydrogen-bond donors (Lipinski definition) is 1. The molecule has 0 saturated carbocycles. The smallest absolute Gasteiger partial charge is 0.422 e. The molecule has 0 saturated heterocycles. The lowest BCUT2D eigenvalue weighted by molar-refractivity contribution is -0.161. The quantitative estimate of drug-likeness (QED) is 0.679. The average molecular weight is 277 g/mol. The van der Waals surface area contributed by atoms with Gasteiger partial charge in [-0.1, -0.05) is 0 Å². The Kier molecular flexibility index (Phi) is 4.63. The third-order valence-corrected chi connectivity index (χ3v) is 1.98. The van der Waals surface area contributed by atoms with E-state index < -0.39 is 18.8 Å². The fourth-order valence-corrected chi connectivity index (χ4v) is 1.27. The Morgan fingerprint density at radius 1 is 1.37 bits per heavy atom. The Hall–Kier alpha value is -1.92. The van der Waals surface area contributed by atoms with Gasteiger partial charge >= 0.3 is 12.1 Å². The predicted molar refractivity (Wildman–Crippen MR) is 63.0 cm³/mol. The van der Waals surface area contributed by atoms with Crippen molar-refractivity contribution in [3.8, 4) is 5.75 Å². The Balaban J connectivity index is 2.75. The van der Waals surface area contributed by atoms with Gasteiger partial charge in [-0.2, -0.15) is 13.2 Å². The molecule has 1 rings (SSSR count). The molecule has 0 fully saturated rings. The van der Waals surface area contributed by atoms with Gasteiger partial charge in [0.05, 0.1) is 17.4 Å². The summed E-state index contributed by atoms with van der Waals surface area (Å²) in [5.74, 6) is -0.720. The molecule has 0 aliphatic rings. The second-order valence-electron chi connectivity index (χ2n) is 4.11. The molecule has 0 aliphatic heterocycles. The molecule has 0 unspecified atom stereocenters. The lowest BCUT2D eigenvalue weighted by Crippen LogP contribution is -2.20. The van der Waals surface area contributed by atoms with Crippen molar-refractivity contribution in [2.75, 3.05) is 12.3 Å². The number of benzene rings is 1. The van der Waals surface area contributed by atoms with E-state index in [1.807, 2.05) is 0 Å². The van der Waals surface area contributed by atoms with E-state index in [1.165, 1.54) is 18.2 Å². The SMILES string of the molecule is CC(C)Oc1ccc(C(=O)OCC(F)(F)F)cc1N. The molecule has 0 aromatic heterocycles. The summed E-state index contributed by atoms with van der Waals surface area (Å²) in [6.07, 6.45) is -4.66. The average Bonchev–Trinajstić information content (AvgIpc) is 2.27. The van der Waals surface area contributed by atoms with Crippen LogP contribution in [0.4, 0.5) is 18.9 Å². The van der Waals surface area contributed by atoms with Gasteiger partial charge < -0.3 is 15.2 Å². The van der Waals surface area contributed by atoms with Gasteiger partial charge in [0.25, 0.3) is 0 Å².